The van der Waals surface area contributed by atoms with E-state index in [1.807, 2.05) is 6.92 Å². The van der Waals surface area contributed by atoms with Gasteiger partial charge in [-0.15, -0.1) is 11.3 Å². The van der Waals surface area contributed by atoms with Crippen LogP contribution in [0.2, 0.25) is 0 Å². The van der Waals surface area contributed by atoms with Crippen molar-refractivity contribution in [3.8, 4) is 0 Å². The smallest absolute Gasteiger partial charge is 0.207 e. The third-order valence-electron chi connectivity index (χ3n) is 4.91. The number of rotatable bonds is 2. The van der Waals surface area contributed by atoms with Crippen molar-refractivity contribution in [1.82, 2.24) is 4.31 Å². The summed E-state index contributed by atoms with van der Waals surface area (Å²) in [5.41, 5.74) is 0.455. The molecule has 1 aliphatic carbocycles. The molecule has 0 radical (unpaired) electrons. The molecular formula is C14H20BrNO2S2. The molecule has 1 saturated heterocycles. The van der Waals surface area contributed by atoms with E-state index in [9.17, 15) is 8.42 Å². The minimum Gasteiger partial charge on any atom is -0.207 e. The first-order valence-corrected chi connectivity index (χ1v) is 10.2. The molecule has 0 N–H and O–H groups in total. The van der Waals surface area contributed by atoms with Crippen LogP contribution in [0.1, 0.15) is 43.4 Å². The Hall–Kier alpha value is 0.0900. The number of thiophene rings is 1. The van der Waals surface area contributed by atoms with Crippen LogP contribution in [0.3, 0.4) is 0 Å². The van der Waals surface area contributed by atoms with Gasteiger partial charge in [0.25, 0.3) is 0 Å². The Labute approximate surface area is 133 Å². The lowest BCUT2D eigenvalue weighted by Crippen LogP contribution is -2.42. The van der Waals surface area contributed by atoms with Gasteiger partial charge >= 0.3 is 0 Å². The molecule has 20 heavy (non-hydrogen) atoms. The lowest BCUT2D eigenvalue weighted by atomic mass is 9.78. The number of sulfonamides is 1. The summed E-state index contributed by atoms with van der Waals surface area (Å²) in [6.07, 6.45) is 7.31. The third-order valence-corrected chi connectivity index (χ3v) is 8.61. The average Bonchev–Trinajstić information content (AvgIpc) is 2.97. The van der Waals surface area contributed by atoms with E-state index < -0.39 is 10.0 Å². The second-order valence-electron chi connectivity index (χ2n) is 6.08. The Bertz CT molecular complexity index is 593. The van der Waals surface area contributed by atoms with Crippen LogP contribution < -0.4 is 0 Å². The minimum absolute atomic E-state index is 0.455. The summed E-state index contributed by atoms with van der Waals surface area (Å²) < 4.78 is 28.1. The van der Waals surface area contributed by atoms with Crippen molar-refractivity contribution in [3.63, 3.8) is 0 Å². The van der Waals surface area contributed by atoms with Crippen LogP contribution in [0.5, 0.6) is 0 Å². The minimum atomic E-state index is -3.30. The highest BCUT2D eigenvalue weighted by atomic mass is 79.9. The molecule has 3 rings (SSSR count). The number of hydrogen-bond donors (Lipinski definition) is 0. The Morgan fingerprint density at radius 1 is 1.20 bits per heavy atom. The fourth-order valence-electron chi connectivity index (χ4n) is 3.65. The van der Waals surface area contributed by atoms with Gasteiger partial charge in [0.2, 0.25) is 10.0 Å². The van der Waals surface area contributed by atoms with E-state index in [1.54, 1.807) is 10.4 Å². The Morgan fingerprint density at radius 3 is 2.30 bits per heavy atom. The lowest BCUT2D eigenvalue weighted by Gasteiger charge is -2.38. The van der Waals surface area contributed by atoms with Gasteiger partial charge in [-0.2, -0.15) is 4.31 Å². The van der Waals surface area contributed by atoms with Crippen LogP contribution in [0.15, 0.2) is 14.7 Å². The molecule has 0 aromatic carbocycles. The molecule has 1 saturated carbocycles. The maximum absolute atomic E-state index is 12.7. The standard InChI is InChI=1S/C14H20BrNO2S2/c1-11-12(10-13(15)19-11)20(17,18)16-8-6-14(7-9-16)4-2-3-5-14/h10H,2-9H2,1H3. The van der Waals surface area contributed by atoms with Crippen molar-refractivity contribution >= 4 is 37.3 Å². The fraction of sp³-hybridized carbons (Fsp3) is 0.714. The molecule has 2 fully saturated rings. The maximum Gasteiger partial charge on any atom is 0.244 e. The zero-order chi connectivity index (χ0) is 14.4. The maximum atomic E-state index is 12.7. The van der Waals surface area contributed by atoms with Crippen LogP contribution in [0, 0.1) is 12.3 Å². The molecule has 0 bridgehead atoms. The zero-order valence-electron chi connectivity index (χ0n) is 11.7. The normalized spacial score (nSPS) is 23.5. The first-order chi connectivity index (χ1) is 9.43. The van der Waals surface area contributed by atoms with E-state index in [2.05, 4.69) is 15.9 Å². The van der Waals surface area contributed by atoms with Crippen LogP contribution >= 0.6 is 27.3 Å². The average molecular weight is 378 g/mol. The first kappa shape index (κ1) is 15.0. The van der Waals surface area contributed by atoms with E-state index in [4.69, 9.17) is 0 Å². The van der Waals surface area contributed by atoms with Crippen LogP contribution in [-0.4, -0.2) is 25.8 Å². The van der Waals surface area contributed by atoms with Gasteiger partial charge in [-0.25, -0.2) is 8.42 Å². The molecule has 6 heteroatoms. The molecule has 112 valence electrons. The topological polar surface area (TPSA) is 37.4 Å². The van der Waals surface area contributed by atoms with Gasteiger partial charge in [-0.05, 0) is 60.0 Å². The monoisotopic (exact) mass is 377 g/mol. The molecule has 2 aliphatic rings. The lowest BCUT2D eigenvalue weighted by molar-refractivity contribution is 0.160. The van der Waals surface area contributed by atoms with E-state index in [1.165, 1.54) is 37.0 Å². The summed E-state index contributed by atoms with van der Waals surface area (Å²) in [4.78, 5) is 1.36. The van der Waals surface area contributed by atoms with E-state index in [0.717, 1.165) is 21.5 Å². The first-order valence-electron chi connectivity index (χ1n) is 7.19. The van der Waals surface area contributed by atoms with Crippen molar-refractivity contribution in [2.45, 2.75) is 50.3 Å². The van der Waals surface area contributed by atoms with E-state index in [-0.39, 0.29) is 0 Å². The van der Waals surface area contributed by atoms with Crippen LogP contribution in [0.4, 0.5) is 0 Å². The predicted molar refractivity (Wildman–Crippen MR) is 85.6 cm³/mol. The zero-order valence-corrected chi connectivity index (χ0v) is 14.9. The van der Waals surface area contributed by atoms with E-state index in [0.29, 0.717) is 23.4 Å². The molecule has 0 amide bonds. The van der Waals surface area contributed by atoms with Gasteiger partial charge in [-0.3, -0.25) is 0 Å². The number of halogens is 1. The largest absolute Gasteiger partial charge is 0.244 e. The van der Waals surface area contributed by atoms with E-state index >= 15 is 0 Å². The molecule has 1 aromatic rings. The number of piperidine rings is 1. The van der Waals surface area contributed by atoms with Crippen molar-refractivity contribution in [2.24, 2.45) is 5.41 Å². The van der Waals surface area contributed by atoms with Gasteiger partial charge in [0.15, 0.2) is 0 Å². The molecule has 1 aromatic heterocycles. The second kappa shape index (κ2) is 5.38. The van der Waals surface area contributed by atoms with Gasteiger partial charge < -0.3 is 0 Å². The molecule has 1 spiro atoms. The molecule has 0 unspecified atom stereocenters. The highest BCUT2D eigenvalue weighted by Gasteiger charge is 2.40. The van der Waals surface area contributed by atoms with Crippen LogP contribution in [-0.2, 0) is 10.0 Å². The van der Waals surface area contributed by atoms with Crippen LogP contribution in [0.25, 0.3) is 0 Å². The molecule has 3 nitrogen and oxygen atoms in total. The van der Waals surface area contributed by atoms with Crippen molar-refractivity contribution in [2.75, 3.05) is 13.1 Å². The third kappa shape index (κ3) is 2.60. The summed E-state index contributed by atoms with van der Waals surface area (Å²) >= 11 is 4.87. The van der Waals surface area contributed by atoms with Gasteiger partial charge in [0.1, 0.15) is 0 Å². The Morgan fingerprint density at radius 2 is 1.80 bits per heavy atom. The summed E-state index contributed by atoms with van der Waals surface area (Å²) in [5, 5.41) is 0. The number of aryl methyl sites for hydroxylation is 1. The van der Waals surface area contributed by atoms with Gasteiger partial charge in [0, 0.05) is 18.0 Å². The summed E-state index contributed by atoms with van der Waals surface area (Å²) in [6.45, 7) is 3.26. The number of hydrogen-bond acceptors (Lipinski definition) is 3. The number of nitrogens with zero attached hydrogens (tertiary/aromatic N) is 1. The Balaban J connectivity index is 1.78. The van der Waals surface area contributed by atoms with Crippen molar-refractivity contribution in [1.29, 1.82) is 0 Å². The SMILES string of the molecule is Cc1sc(Br)cc1S(=O)(=O)N1CCC2(CCCC2)CC1. The molecular weight excluding hydrogens is 358 g/mol. The summed E-state index contributed by atoms with van der Waals surface area (Å²) in [6, 6.07) is 1.75. The quantitative estimate of drug-likeness (QED) is 0.775. The highest BCUT2D eigenvalue weighted by Crippen LogP contribution is 2.47. The highest BCUT2D eigenvalue weighted by molar-refractivity contribution is 9.11. The molecule has 1 aliphatic heterocycles. The molecule has 0 atom stereocenters. The van der Waals surface area contributed by atoms with Gasteiger partial charge in [0.05, 0.1) is 8.68 Å². The summed E-state index contributed by atoms with van der Waals surface area (Å²) in [5.74, 6) is 0. The van der Waals surface area contributed by atoms with Crippen molar-refractivity contribution in [3.05, 3.63) is 14.7 Å². The second-order valence-corrected chi connectivity index (χ2v) is 10.6. The summed E-state index contributed by atoms with van der Waals surface area (Å²) in [7, 11) is -3.30. The van der Waals surface area contributed by atoms with Gasteiger partial charge in [-0.1, -0.05) is 12.8 Å². The van der Waals surface area contributed by atoms with Crippen molar-refractivity contribution < 1.29 is 8.42 Å². The fourth-order valence-corrected chi connectivity index (χ4v) is 7.48. The molecule has 2 heterocycles. The predicted octanol–water partition coefficient (Wildman–Crippen LogP) is 4.16. The Kier molecular flexibility index (Phi) is 4.03.